The summed E-state index contributed by atoms with van der Waals surface area (Å²) in [6.45, 7) is 4.22. The summed E-state index contributed by atoms with van der Waals surface area (Å²) in [6, 6.07) is 42.8. The van der Waals surface area contributed by atoms with Gasteiger partial charge in [0.1, 0.15) is 0 Å². The van der Waals surface area contributed by atoms with Crippen molar-refractivity contribution in [1.82, 2.24) is 9.97 Å². The number of rotatable bonds is 4. The van der Waals surface area contributed by atoms with Crippen LogP contribution in [0.15, 0.2) is 121 Å². The van der Waals surface area contributed by atoms with E-state index in [9.17, 15) is 0 Å². The first-order chi connectivity index (χ1) is 17.6. The average molecular weight is 463 g/mol. The maximum absolute atomic E-state index is 4.91. The molecular weight excluding hydrogens is 436 g/mol. The highest BCUT2D eigenvalue weighted by molar-refractivity contribution is 5.82. The van der Waals surface area contributed by atoms with E-state index < -0.39 is 0 Å². The normalized spacial score (nSPS) is 11.1. The summed E-state index contributed by atoms with van der Waals surface area (Å²) in [6.07, 6.45) is 0. The third-order valence-corrected chi connectivity index (χ3v) is 6.68. The minimum atomic E-state index is 0.759. The van der Waals surface area contributed by atoms with Crippen LogP contribution in [0.1, 0.15) is 11.1 Å². The molecule has 0 atom stereocenters. The smallest absolute Gasteiger partial charge is 0.160 e. The van der Waals surface area contributed by atoms with E-state index in [1.165, 1.54) is 33.4 Å². The molecule has 36 heavy (non-hydrogen) atoms. The zero-order valence-corrected chi connectivity index (χ0v) is 20.4. The maximum atomic E-state index is 4.91. The van der Waals surface area contributed by atoms with Crippen molar-refractivity contribution in [2.45, 2.75) is 13.8 Å². The van der Waals surface area contributed by atoms with Crippen LogP contribution in [0.5, 0.6) is 0 Å². The molecule has 0 saturated heterocycles. The second kappa shape index (κ2) is 9.24. The van der Waals surface area contributed by atoms with E-state index in [0.29, 0.717) is 0 Å². The molecule has 6 rings (SSSR count). The van der Waals surface area contributed by atoms with Crippen molar-refractivity contribution in [1.29, 1.82) is 0 Å². The number of fused-ring (bicyclic) bond motifs is 1. The summed E-state index contributed by atoms with van der Waals surface area (Å²) in [4.78, 5) is 9.82. The molecule has 0 aliphatic carbocycles. The Bertz CT molecular complexity index is 1520. The number of hydrogen-bond acceptors (Lipinski definition) is 2. The standard InChI is InChI=1S/C34H26N2/c1-23-3-7-25(8-4-23)27-11-15-29(16-12-27)32-21-19-31-20-22-33(36-34(31)35-32)30-17-13-28(14-18-30)26-9-5-24(2)6-10-26/h3-22H,1-2H3. The molecule has 172 valence electrons. The molecule has 0 fully saturated rings. The molecule has 0 spiro atoms. The van der Waals surface area contributed by atoms with Gasteiger partial charge in [0, 0.05) is 16.5 Å². The molecule has 6 aromatic rings. The van der Waals surface area contributed by atoms with E-state index in [2.05, 4.69) is 135 Å². The van der Waals surface area contributed by atoms with Crippen molar-refractivity contribution in [3.63, 3.8) is 0 Å². The summed E-state index contributed by atoms with van der Waals surface area (Å²) >= 11 is 0. The Morgan fingerprint density at radius 2 is 0.639 bits per heavy atom. The fourth-order valence-corrected chi connectivity index (χ4v) is 4.48. The number of pyridine rings is 2. The number of aryl methyl sites for hydroxylation is 2. The van der Waals surface area contributed by atoms with E-state index >= 15 is 0 Å². The predicted molar refractivity (Wildman–Crippen MR) is 151 cm³/mol. The zero-order valence-electron chi connectivity index (χ0n) is 20.4. The van der Waals surface area contributed by atoms with Gasteiger partial charge in [-0.25, -0.2) is 9.97 Å². The van der Waals surface area contributed by atoms with Crippen LogP contribution in [0.4, 0.5) is 0 Å². The first-order valence-electron chi connectivity index (χ1n) is 12.3. The van der Waals surface area contributed by atoms with E-state index in [0.717, 1.165) is 33.5 Å². The predicted octanol–water partition coefficient (Wildman–Crippen LogP) is 8.91. The van der Waals surface area contributed by atoms with Crippen LogP contribution in [-0.4, -0.2) is 9.97 Å². The Labute approximate surface area is 212 Å². The van der Waals surface area contributed by atoms with Crippen LogP contribution in [0.2, 0.25) is 0 Å². The van der Waals surface area contributed by atoms with Crippen LogP contribution < -0.4 is 0 Å². The van der Waals surface area contributed by atoms with Crippen molar-refractivity contribution >= 4 is 11.0 Å². The Hall–Kier alpha value is -4.56. The van der Waals surface area contributed by atoms with Crippen LogP contribution in [-0.2, 0) is 0 Å². The zero-order chi connectivity index (χ0) is 24.5. The van der Waals surface area contributed by atoms with Crippen LogP contribution in [0, 0.1) is 13.8 Å². The van der Waals surface area contributed by atoms with Gasteiger partial charge >= 0.3 is 0 Å². The van der Waals surface area contributed by atoms with Gasteiger partial charge in [0.05, 0.1) is 11.4 Å². The molecule has 2 aromatic heterocycles. The van der Waals surface area contributed by atoms with Crippen molar-refractivity contribution in [2.75, 3.05) is 0 Å². The first kappa shape index (κ1) is 21.9. The molecule has 0 amide bonds. The molecule has 2 nitrogen and oxygen atoms in total. The quantitative estimate of drug-likeness (QED) is 0.261. The average Bonchev–Trinajstić information content (AvgIpc) is 2.93. The Balaban J connectivity index is 1.28. The number of nitrogens with zero attached hydrogens (tertiary/aromatic N) is 2. The lowest BCUT2D eigenvalue weighted by molar-refractivity contribution is 1.29. The number of aromatic nitrogens is 2. The van der Waals surface area contributed by atoms with Crippen LogP contribution >= 0.6 is 0 Å². The Morgan fingerprint density at radius 3 is 1.00 bits per heavy atom. The summed E-state index contributed by atoms with van der Waals surface area (Å²) in [7, 11) is 0. The van der Waals surface area contributed by atoms with Crippen LogP contribution in [0.3, 0.4) is 0 Å². The molecular formula is C34H26N2. The fourth-order valence-electron chi connectivity index (χ4n) is 4.48. The Morgan fingerprint density at radius 1 is 0.333 bits per heavy atom. The van der Waals surface area contributed by atoms with Crippen molar-refractivity contribution in [3.05, 3.63) is 132 Å². The monoisotopic (exact) mass is 462 g/mol. The summed E-state index contributed by atoms with van der Waals surface area (Å²) < 4.78 is 0. The molecule has 0 N–H and O–H groups in total. The van der Waals surface area contributed by atoms with Gasteiger partial charge in [-0.15, -0.1) is 0 Å². The molecule has 2 heterocycles. The van der Waals surface area contributed by atoms with Gasteiger partial charge in [-0.1, -0.05) is 108 Å². The minimum Gasteiger partial charge on any atom is -0.228 e. The topological polar surface area (TPSA) is 25.8 Å². The third-order valence-electron chi connectivity index (χ3n) is 6.68. The minimum absolute atomic E-state index is 0.759. The van der Waals surface area contributed by atoms with Crippen molar-refractivity contribution in [2.24, 2.45) is 0 Å². The highest BCUT2D eigenvalue weighted by atomic mass is 14.9. The molecule has 0 saturated carbocycles. The molecule has 0 bridgehead atoms. The lowest BCUT2D eigenvalue weighted by Crippen LogP contribution is -1.91. The number of benzene rings is 4. The lowest BCUT2D eigenvalue weighted by atomic mass is 10.0. The molecule has 0 aliphatic heterocycles. The maximum Gasteiger partial charge on any atom is 0.160 e. The molecule has 0 radical (unpaired) electrons. The highest BCUT2D eigenvalue weighted by Gasteiger charge is 2.07. The van der Waals surface area contributed by atoms with E-state index in [-0.39, 0.29) is 0 Å². The SMILES string of the molecule is Cc1ccc(-c2ccc(-c3ccc4ccc(-c5ccc(-c6ccc(C)cc6)cc5)nc4n3)cc2)cc1. The van der Waals surface area contributed by atoms with Crippen LogP contribution in [0.25, 0.3) is 55.8 Å². The second-order valence-electron chi connectivity index (χ2n) is 9.33. The molecule has 2 heteroatoms. The summed E-state index contributed by atoms with van der Waals surface area (Å²) in [5, 5.41) is 1.04. The van der Waals surface area contributed by atoms with Gasteiger partial charge in [-0.3, -0.25) is 0 Å². The first-order valence-corrected chi connectivity index (χ1v) is 12.3. The summed E-state index contributed by atoms with van der Waals surface area (Å²) in [5.41, 5.74) is 12.2. The summed E-state index contributed by atoms with van der Waals surface area (Å²) in [5.74, 6) is 0. The highest BCUT2D eigenvalue weighted by Crippen LogP contribution is 2.28. The molecule has 0 aliphatic rings. The number of hydrogen-bond donors (Lipinski definition) is 0. The van der Waals surface area contributed by atoms with Gasteiger partial charge < -0.3 is 0 Å². The largest absolute Gasteiger partial charge is 0.228 e. The van der Waals surface area contributed by atoms with E-state index in [1.807, 2.05) is 0 Å². The van der Waals surface area contributed by atoms with Gasteiger partial charge in [0.15, 0.2) is 5.65 Å². The Kier molecular flexibility index (Phi) is 5.63. The molecule has 0 unspecified atom stereocenters. The third kappa shape index (κ3) is 4.42. The lowest BCUT2D eigenvalue weighted by Gasteiger charge is -2.08. The second-order valence-corrected chi connectivity index (χ2v) is 9.33. The van der Waals surface area contributed by atoms with Crippen molar-refractivity contribution < 1.29 is 0 Å². The van der Waals surface area contributed by atoms with E-state index in [4.69, 9.17) is 9.97 Å². The van der Waals surface area contributed by atoms with Gasteiger partial charge in [0.25, 0.3) is 0 Å². The molecule has 4 aromatic carbocycles. The van der Waals surface area contributed by atoms with Gasteiger partial charge in [-0.2, -0.15) is 0 Å². The van der Waals surface area contributed by atoms with Gasteiger partial charge in [-0.05, 0) is 60.4 Å². The van der Waals surface area contributed by atoms with E-state index in [1.54, 1.807) is 0 Å². The van der Waals surface area contributed by atoms with Crippen molar-refractivity contribution in [3.8, 4) is 44.8 Å². The van der Waals surface area contributed by atoms with Gasteiger partial charge in [0.2, 0.25) is 0 Å². The fraction of sp³-hybridized carbons (Fsp3) is 0.0588.